The van der Waals surface area contributed by atoms with Gasteiger partial charge in [-0.15, -0.1) is 0 Å². The van der Waals surface area contributed by atoms with Crippen LogP contribution in [0.2, 0.25) is 0 Å². The Morgan fingerprint density at radius 1 is 1.14 bits per heavy atom. The van der Waals surface area contributed by atoms with Crippen molar-refractivity contribution in [3.05, 3.63) is 77.6 Å². The van der Waals surface area contributed by atoms with Gasteiger partial charge in [-0.2, -0.15) is 0 Å². The minimum Gasteiger partial charge on any atom is -0.345 e. The molecule has 0 spiro atoms. The molecule has 148 valence electrons. The minimum absolute atomic E-state index is 0.179. The van der Waals surface area contributed by atoms with Crippen molar-refractivity contribution < 1.29 is 18.4 Å². The van der Waals surface area contributed by atoms with Crippen LogP contribution in [0.5, 0.6) is 0 Å². The van der Waals surface area contributed by atoms with E-state index in [1.54, 1.807) is 35.5 Å². The third-order valence-corrected chi connectivity index (χ3v) is 5.15. The zero-order valence-electron chi connectivity index (χ0n) is 15.6. The Kier molecular flexibility index (Phi) is 5.20. The first-order valence-corrected chi connectivity index (χ1v) is 9.41. The molecule has 1 aromatic heterocycles. The molecule has 3 aromatic rings. The summed E-state index contributed by atoms with van der Waals surface area (Å²) in [6.45, 7) is 0.692. The van der Waals surface area contributed by atoms with Gasteiger partial charge in [-0.1, -0.05) is 12.1 Å². The minimum atomic E-state index is -0.744. The van der Waals surface area contributed by atoms with Crippen LogP contribution in [0, 0.1) is 17.6 Å². The van der Waals surface area contributed by atoms with Crippen LogP contribution in [0.15, 0.2) is 54.9 Å². The number of aromatic amines is 1. The number of carbonyl (C=O) groups excluding carboxylic acids is 2. The maximum atomic E-state index is 14.0. The van der Waals surface area contributed by atoms with Crippen molar-refractivity contribution in [2.24, 2.45) is 5.92 Å². The fraction of sp³-hybridized carbons (Fsp3) is 0.227. The van der Waals surface area contributed by atoms with E-state index in [1.165, 1.54) is 0 Å². The number of H-pyrrole nitrogens is 1. The molecule has 0 bridgehead atoms. The van der Waals surface area contributed by atoms with E-state index in [0.29, 0.717) is 30.8 Å². The van der Waals surface area contributed by atoms with Crippen molar-refractivity contribution in [3.8, 4) is 11.4 Å². The van der Waals surface area contributed by atoms with Crippen LogP contribution in [0.4, 0.5) is 8.78 Å². The van der Waals surface area contributed by atoms with Gasteiger partial charge in [0.15, 0.2) is 5.78 Å². The number of ketones is 1. The van der Waals surface area contributed by atoms with Gasteiger partial charge in [0.2, 0.25) is 0 Å². The molecule has 1 aliphatic rings. The Morgan fingerprint density at radius 2 is 2.00 bits per heavy atom. The first-order valence-electron chi connectivity index (χ1n) is 9.41. The standard InChI is InChI=1S/C22H19F2N3O2/c23-17-6-7-19(24)18(12-17)20(28)16-5-2-10-27(13-16)22(29)15-4-1-3-14(11-15)21-25-8-9-26-21/h1,3-4,6-9,11-12,16H,2,5,10,13H2,(H,25,26)/t16-/m0/s1. The van der Waals surface area contributed by atoms with E-state index < -0.39 is 23.3 Å². The van der Waals surface area contributed by atoms with Crippen LogP contribution >= 0.6 is 0 Å². The molecule has 1 N–H and O–H groups in total. The third-order valence-electron chi connectivity index (χ3n) is 5.15. The zero-order valence-corrected chi connectivity index (χ0v) is 15.6. The number of nitrogens with one attached hydrogen (secondary N) is 1. The maximum absolute atomic E-state index is 14.0. The molecule has 0 unspecified atom stereocenters. The normalized spacial score (nSPS) is 16.6. The summed E-state index contributed by atoms with van der Waals surface area (Å²) in [5.41, 5.74) is 1.01. The number of hydrogen-bond acceptors (Lipinski definition) is 3. The Morgan fingerprint density at radius 3 is 2.79 bits per heavy atom. The van der Waals surface area contributed by atoms with Gasteiger partial charge in [-0.3, -0.25) is 9.59 Å². The van der Waals surface area contributed by atoms with E-state index in [4.69, 9.17) is 0 Å². The molecular formula is C22H19F2N3O2. The number of Topliss-reactive ketones (excluding diaryl/α,β-unsaturated/α-hetero) is 1. The number of aromatic nitrogens is 2. The van der Waals surface area contributed by atoms with Gasteiger partial charge in [-0.25, -0.2) is 13.8 Å². The van der Waals surface area contributed by atoms with Crippen molar-refractivity contribution in [2.45, 2.75) is 12.8 Å². The molecule has 1 saturated heterocycles. The predicted molar refractivity (Wildman–Crippen MR) is 103 cm³/mol. The molecule has 1 amide bonds. The van der Waals surface area contributed by atoms with Crippen LogP contribution in [0.1, 0.15) is 33.6 Å². The maximum Gasteiger partial charge on any atom is 0.253 e. The summed E-state index contributed by atoms with van der Waals surface area (Å²) < 4.78 is 27.5. The fourth-order valence-corrected chi connectivity index (χ4v) is 3.69. The van der Waals surface area contributed by atoms with Crippen molar-refractivity contribution in [1.29, 1.82) is 0 Å². The summed E-state index contributed by atoms with van der Waals surface area (Å²) in [6, 6.07) is 9.95. The number of carbonyl (C=O) groups is 2. The molecule has 0 saturated carbocycles. The number of imidazole rings is 1. The number of benzene rings is 2. The van der Waals surface area contributed by atoms with Gasteiger partial charge in [-0.05, 0) is 43.2 Å². The quantitative estimate of drug-likeness (QED) is 0.677. The smallest absolute Gasteiger partial charge is 0.253 e. The van der Waals surface area contributed by atoms with E-state index in [0.717, 1.165) is 23.8 Å². The summed E-state index contributed by atoms with van der Waals surface area (Å²) in [7, 11) is 0. The molecule has 0 radical (unpaired) electrons. The number of piperidine rings is 1. The molecular weight excluding hydrogens is 376 g/mol. The highest BCUT2D eigenvalue weighted by molar-refractivity contribution is 5.99. The number of amides is 1. The lowest BCUT2D eigenvalue weighted by molar-refractivity contribution is 0.0635. The Bertz CT molecular complexity index is 1050. The van der Waals surface area contributed by atoms with Crippen LogP contribution < -0.4 is 0 Å². The summed E-state index contributed by atoms with van der Waals surface area (Å²) >= 11 is 0. The number of rotatable bonds is 4. The SMILES string of the molecule is O=C(c1cc(F)ccc1F)[C@H]1CCCN(C(=O)c2cccc(-c3ncc[nH]3)c2)C1. The van der Waals surface area contributed by atoms with Gasteiger partial charge >= 0.3 is 0 Å². The average molecular weight is 395 g/mol. The highest BCUT2D eigenvalue weighted by Crippen LogP contribution is 2.25. The lowest BCUT2D eigenvalue weighted by Gasteiger charge is -2.32. The van der Waals surface area contributed by atoms with Gasteiger partial charge in [0.1, 0.15) is 17.5 Å². The van der Waals surface area contributed by atoms with E-state index >= 15 is 0 Å². The Balaban J connectivity index is 1.52. The number of nitrogens with zero attached hydrogens (tertiary/aromatic N) is 2. The Labute approximate surface area is 166 Å². The molecule has 1 fully saturated rings. The predicted octanol–water partition coefficient (Wildman–Crippen LogP) is 4.09. The summed E-state index contributed by atoms with van der Waals surface area (Å²) in [4.78, 5) is 34.5. The topological polar surface area (TPSA) is 66.1 Å². The largest absolute Gasteiger partial charge is 0.345 e. The van der Waals surface area contributed by atoms with Crippen molar-refractivity contribution in [1.82, 2.24) is 14.9 Å². The lowest BCUT2D eigenvalue weighted by atomic mass is 9.89. The Hall–Kier alpha value is -3.35. The third kappa shape index (κ3) is 3.94. The number of halogens is 2. The van der Waals surface area contributed by atoms with Crippen LogP contribution in [0.25, 0.3) is 11.4 Å². The first kappa shape index (κ1) is 19.0. The van der Waals surface area contributed by atoms with Gasteiger partial charge in [0.05, 0.1) is 5.56 Å². The molecule has 1 atom stereocenters. The van der Waals surface area contributed by atoms with E-state index in [1.807, 2.05) is 6.07 Å². The van der Waals surface area contributed by atoms with Crippen LogP contribution in [0.3, 0.4) is 0 Å². The average Bonchev–Trinajstić information content (AvgIpc) is 3.30. The van der Waals surface area contributed by atoms with Crippen molar-refractivity contribution in [3.63, 3.8) is 0 Å². The molecule has 5 nitrogen and oxygen atoms in total. The van der Waals surface area contributed by atoms with E-state index in [-0.39, 0.29) is 18.0 Å². The summed E-state index contributed by atoms with van der Waals surface area (Å²) in [5, 5.41) is 0. The second-order valence-electron chi connectivity index (χ2n) is 7.10. The zero-order chi connectivity index (χ0) is 20.4. The van der Waals surface area contributed by atoms with Gasteiger partial charge in [0.25, 0.3) is 5.91 Å². The second-order valence-corrected chi connectivity index (χ2v) is 7.10. The fourth-order valence-electron chi connectivity index (χ4n) is 3.69. The summed E-state index contributed by atoms with van der Waals surface area (Å²) in [5.74, 6) is -1.97. The molecule has 2 heterocycles. The molecule has 0 aliphatic carbocycles. The molecule has 7 heteroatoms. The molecule has 2 aromatic carbocycles. The highest BCUT2D eigenvalue weighted by atomic mass is 19.1. The lowest BCUT2D eigenvalue weighted by Crippen LogP contribution is -2.42. The van der Waals surface area contributed by atoms with E-state index in [2.05, 4.69) is 9.97 Å². The van der Waals surface area contributed by atoms with E-state index in [9.17, 15) is 18.4 Å². The summed E-state index contributed by atoms with van der Waals surface area (Å²) in [6.07, 6.45) is 4.49. The molecule has 1 aliphatic heterocycles. The second kappa shape index (κ2) is 7.95. The number of likely N-dealkylation sites (tertiary alicyclic amines) is 1. The van der Waals surface area contributed by atoms with Gasteiger partial charge in [0, 0.05) is 42.5 Å². The monoisotopic (exact) mass is 395 g/mol. The van der Waals surface area contributed by atoms with Gasteiger partial charge < -0.3 is 9.88 Å². The van der Waals surface area contributed by atoms with Crippen LogP contribution in [-0.2, 0) is 0 Å². The number of hydrogen-bond donors (Lipinski definition) is 1. The first-order chi connectivity index (χ1) is 14.0. The molecule has 29 heavy (non-hydrogen) atoms. The highest BCUT2D eigenvalue weighted by Gasteiger charge is 2.31. The van der Waals surface area contributed by atoms with Crippen molar-refractivity contribution in [2.75, 3.05) is 13.1 Å². The van der Waals surface area contributed by atoms with Crippen molar-refractivity contribution >= 4 is 11.7 Å². The van der Waals surface area contributed by atoms with Crippen LogP contribution in [-0.4, -0.2) is 39.6 Å². The molecule has 4 rings (SSSR count).